The highest BCUT2D eigenvalue weighted by molar-refractivity contribution is 9.10. The highest BCUT2D eigenvalue weighted by Gasteiger charge is 2.11. The van der Waals surface area contributed by atoms with E-state index in [-0.39, 0.29) is 11.8 Å². The van der Waals surface area contributed by atoms with Crippen LogP contribution in [0.1, 0.15) is 18.2 Å². The molecule has 0 radical (unpaired) electrons. The standard InChI is InChI=1S/C17H19BrN2O3/c1-13(21)20(12-16-6-3-9-23-16)8-7-19-17(22)11-14-4-2-5-15(18)10-14/h2-6,9-10H,7-8,11-12H2,1H3,(H,19,22). The van der Waals surface area contributed by atoms with Gasteiger partial charge in [0, 0.05) is 24.5 Å². The van der Waals surface area contributed by atoms with Gasteiger partial charge in [-0.25, -0.2) is 0 Å². The van der Waals surface area contributed by atoms with Crippen molar-refractivity contribution >= 4 is 27.7 Å². The van der Waals surface area contributed by atoms with E-state index >= 15 is 0 Å². The van der Waals surface area contributed by atoms with E-state index in [1.807, 2.05) is 30.3 Å². The molecule has 1 N–H and O–H groups in total. The summed E-state index contributed by atoms with van der Waals surface area (Å²) < 4.78 is 6.19. The zero-order valence-corrected chi connectivity index (χ0v) is 14.5. The van der Waals surface area contributed by atoms with Crippen LogP contribution in [0.5, 0.6) is 0 Å². The van der Waals surface area contributed by atoms with Gasteiger partial charge in [0.1, 0.15) is 5.76 Å². The predicted molar refractivity (Wildman–Crippen MR) is 90.7 cm³/mol. The largest absolute Gasteiger partial charge is 0.467 e. The average Bonchev–Trinajstić information content (AvgIpc) is 2.99. The Bertz CT molecular complexity index is 656. The average molecular weight is 379 g/mol. The Kier molecular flexibility index (Phi) is 6.40. The molecule has 0 atom stereocenters. The number of nitrogens with zero attached hydrogens (tertiary/aromatic N) is 1. The second-order valence-corrected chi connectivity index (χ2v) is 6.09. The van der Waals surface area contributed by atoms with Crippen LogP contribution in [0.25, 0.3) is 0 Å². The molecule has 0 aliphatic carbocycles. The molecule has 0 aliphatic heterocycles. The third-order valence-electron chi connectivity index (χ3n) is 3.33. The van der Waals surface area contributed by atoms with Gasteiger partial charge in [-0.2, -0.15) is 0 Å². The lowest BCUT2D eigenvalue weighted by Gasteiger charge is -2.20. The third kappa shape index (κ3) is 5.90. The first kappa shape index (κ1) is 17.3. The molecular formula is C17H19BrN2O3. The lowest BCUT2D eigenvalue weighted by Crippen LogP contribution is -2.37. The first-order valence-corrected chi connectivity index (χ1v) is 8.13. The molecule has 0 unspecified atom stereocenters. The van der Waals surface area contributed by atoms with Crippen LogP contribution < -0.4 is 5.32 Å². The number of rotatable bonds is 7. The van der Waals surface area contributed by atoms with Gasteiger partial charge >= 0.3 is 0 Å². The third-order valence-corrected chi connectivity index (χ3v) is 3.82. The van der Waals surface area contributed by atoms with E-state index in [0.29, 0.717) is 26.1 Å². The first-order chi connectivity index (χ1) is 11.0. The normalized spacial score (nSPS) is 10.3. The van der Waals surface area contributed by atoms with Crippen molar-refractivity contribution in [3.05, 3.63) is 58.5 Å². The Morgan fingerprint density at radius 3 is 2.74 bits per heavy atom. The summed E-state index contributed by atoms with van der Waals surface area (Å²) in [4.78, 5) is 25.2. The molecule has 0 bridgehead atoms. The van der Waals surface area contributed by atoms with Crippen molar-refractivity contribution in [1.82, 2.24) is 10.2 Å². The van der Waals surface area contributed by atoms with Crippen LogP contribution in [0.3, 0.4) is 0 Å². The van der Waals surface area contributed by atoms with E-state index in [0.717, 1.165) is 15.8 Å². The van der Waals surface area contributed by atoms with Crippen LogP contribution in [0, 0.1) is 0 Å². The van der Waals surface area contributed by atoms with E-state index in [1.54, 1.807) is 17.2 Å². The van der Waals surface area contributed by atoms with Gasteiger partial charge in [-0.1, -0.05) is 28.1 Å². The lowest BCUT2D eigenvalue weighted by atomic mass is 10.1. The molecule has 2 aromatic rings. The van der Waals surface area contributed by atoms with E-state index in [9.17, 15) is 9.59 Å². The quantitative estimate of drug-likeness (QED) is 0.805. The van der Waals surface area contributed by atoms with Gasteiger partial charge in [0.05, 0.1) is 19.2 Å². The van der Waals surface area contributed by atoms with Gasteiger partial charge in [0.15, 0.2) is 0 Å². The molecule has 1 aromatic heterocycles. The van der Waals surface area contributed by atoms with Crippen molar-refractivity contribution in [3.63, 3.8) is 0 Å². The molecular weight excluding hydrogens is 360 g/mol. The summed E-state index contributed by atoms with van der Waals surface area (Å²) >= 11 is 3.38. The minimum Gasteiger partial charge on any atom is -0.467 e. The van der Waals surface area contributed by atoms with Crippen LogP contribution in [0.4, 0.5) is 0 Å². The molecule has 23 heavy (non-hydrogen) atoms. The zero-order valence-electron chi connectivity index (χ0n) is 12.9. The minimum atomic E-state index is -0.0652. The van der Waals surface area contributed by atoms with E-state index in [4.69, 9.17) is 4.42 Å². The Balaban J connectivity index is 1.77. The number of carbonyl (C=O) groups excluding carboxylic acids is 2. The Hall–Kier alpha value is -2.08. The number of nitrogens with one attached hydrogen (secondary N) is 1. The number of benzene rings is 1. The first-order valence-electron chi connectivity index (χ1n) is 7.33. The van der Waals surface area contributed by atoms with Crippen molar-refractivity contribution in [2.45, 2.75) is 19.9 Å². The zero-order chi connectivity index (χ0) is 16.7. The molecule has 0 spiro atoms. The van der Waals surface area contributed by atoms with Crippen LogP contribution in [0.15, 0.2) is 51.6 Å². The van der Waals surface area contributed by atoms with Crippen molar-refractivity contribution < 1.29 is 14.0 Å². The summed E-state index contributed by atoms with van der Waals surface area (Å²) in [7, 11) is 0. The Morgan fingerprint density at radius 2 is 2.09 bits per heavy atom. The monoisotopic (exact) mass is 378 g/mol. The summed E-state index contributed by atoms with van der Waals surface area (Å²) in [6.07, 6.45) is 1.89. The number of hydrogen-bond acceptors (Lipinski definition) is 3. The molecule has 1 heterocycles. The second-order valence-electron chi connectivity index (χ2n) is 5.18. The summed E-state index contributed by atoms with van der Waals surface area (Å²) in [5.74, 6) is 0.605. The maximum atomic E-state index is 11.9. The smallest absolute Gasteiger partial charge is 0.224 e. The maximum absolute atomic E-state index is 11.9. The maximum Gasteiger partial charge on any atom is 0.224 e. The van der Waals surface area contributed by atoms with Crippen LogP contribution in [0.2, 0.25) is 0 Å². The fourth-order valence-electron chi connectivity index (χ4n) is 2.16. The summed E-state index contributed by atoms with van der Waals surface area (Å²) in [5.41, 5.74) is 0.941. The number of hydrogen-bond donors (Lipinski definition) is 1. The van der Waals surface area contributed by atoms with Crippen molar-refractivity contribution in [2.24, 2.45) is 0 Å². The molecule has 122 valence electrons. The molecule has 5 nitrogen and oxygen atoms in total. The highest BCUT2D eigenvalue weighted by atomic mass is 79.9. The van der Waals surface area contributed by atoms with Crippen molar-refractivity contribution in [3.8, 4) is 0 Å². The van der Waals surface area contributed by atoms with Gasteiger partial charge in [0.25, 0.3) is 0 Å². The van der Waals surface area contributed by atoms with Crippen molar-refractivity contribution in [1.29, 1.82) is 0 Å². The molecule has 0 saturated carbocycles. The van der Waals surface area contributed by atoms with Gasteiger partial charge in [-0.3, -0.25) is 9.59 Å². The van der Waals surface area contributed by atoms with Crippen LogP contribution in [-0.2, 0) is 22.6 Å². The summed E-state index contributed by atoms with van der Waals surface area (Å²) in [5, 5.41) is 2.84. The molecule has 6 heteroatoms. The van der Waals surface area contributed by atoms with E-state index in [2.05, 4.69) is 21.2 Å². The van der Waals surface area contributed by atoms with Gasteiger partial charge in [-0.05, 0) is 29.8 Å². The van der Waals surface area contributed by atoms with Gasteiger partial charge < -0.3 is 14.6 Å². The van der Waals surface area contributed by atoms with Crippen molar-refractivity contribution in [2.75, 3.05) is 13.1 Å². The number of furan rings is 1. The number of carbonyl (C=O) groups is 2. The van der Waals surface area contributed by atoms with Gasteiger partial charge in [0.2, 0.25) is 11.8 Å². The Labute approximate surface area is 143 Å². The number of amides is 2. The Morgan fingerprint density at radius 1 is 1.26 bits per heavy atom. The fourth-order valence-corrected chi connectivity index (χ4v) is 2.61. The molecule has 0 saturated heterocycles. The highest BCUT2D eigenvalue weighted by Crippen LogP contribution is 2.12. The summed E-state index contributed by atoms with van der Waals surface area (Å²) in [6, 6.07) is 11.2. The summed E-state index contributed by atoms with van der Waals surface area (Å²) in [6.45, 7) is 2.77. The minimum absolute atomic E-state index is 0.0531. The SMILES string of the molecule is CC(=O)N(CCNC(=O)Cc1cccc(Br)c1)Cc1ccco1. The lowest BCUT2D eigenvalue weighted by molar-refractivity contribution is -0.130. The molecule has 0 aliphatic rings. The molecule has 1 aromatic carbocycles. The molecule has 2 amide bonds. The van der Waals surface area contributed by atoms with E-state index < -0.39 is 0 Å². The number of halogens is 1. The predicted octanol–water partition coefficient (Wildman–Crippen LogP) is 2.75. The van der Waals surface area contributed by atoms with Crippen LogP contribution in [-0.4, -0.2) is 29.8 Å². The molecule has 0 fully saturated rings. The van der Waals surface area contributed by atoms with E-state index in [1.165, 1.54) is 6.92 Å². The topological polar surface area (TPSA) is 62.6 Å². The van der Waals surface area contributed by atoms with Gasteiger partial charge in [-0.15, -0.1) is 0 Å². The molecule has 2 rings (SSSR count). The van der Waals surface area contributed by atoms with Crippen LogP contribution >= 0.6 is 15.9 Å². The fraction of sp³-hybridized carbons (Fsp3) is 0.294. The second kappa shape index (κ2) is 8.53.